The normalized spacial score (nSPS) is 22.5. The quantitative estimate of drug-likeness (QED) is 0.424. The van der Waals surface area contributed by atoms with Gasteiger partial charge in [0.05, 0.1) is 23.0 Å². The van der Waals surface area contributed by atoms with Crippen LogP contribution in [-0.2, 0) is 4.74 Å². The fraction of sp³-hybridized carbons (Fsp3) is 0.429. The topological polar surface area (TPSA) is 113 Å². The molecule has 3 heterocycles. The molecule has 1 aromatic carbocycles. The maximum Gasteiger partial charge on any atom is 0.404 e. The molecule has 3 aromatic rings. The van der Waals surface area contributed by atoms with Crippen molar-refractivity contribution >= 4 is 28.6 Å². The molecule has 2 aliphatic rings. The molecule has 0 unspecified atom stereocenters. The van der Waals surface area contributed by atoms with Gasteiger partial charge in [0.15, 0.2) is 0 Å². The molecule has 0 spiro atoms. The summed E-state index contributed by atoms with van der Waals surface area (Å²) in [7, 11) is 0. The molecule has 1 saturated heterocycles. The van der Waals surface area contributed by atoms with E-state index in [0.717, 1.165) is 36.8 Å². The molecule has 194 valence electrons. The molecule has 5 rings (SSSR count). The predicted octanol–water partition coefficient (Wildman–Crippen LogP) is 5.46. The minimum absolute atomic E-state index is 0.0593. The first-order valence-corrected chi connectivity index (χ1v) is 12.8. The van der Waals surface area contributed by atoms with E-state index in [4.69, 9.17) is 4.74 Å². The van der Waals surface area contributed by atoms with Crippen molar-refractivity contribution in [3.8, 4) is 0 Å². The highest BCUT2D eigenvalue weighted by Gasteiger charge is 2.30. The number of hydrogen-bond acceptors (Lipinski definition) is 5. The van der Waals surface area contributed by atoms with E-state index in [2.05, 4.69) is 27.5 Å². The van der Waals surface area contributed by atoms with E-state index >= 15 is 0 Å². The van der Waals surface area contributed by atoms with Gasteiger partial charge in [-0.1, -0.05) is 6.92 Å². The molecule has 3 N–H and O–H groups in total. The molecule has 37 heavy (non-hydrogen) atoms. The Morgan fingerprint density at radius 1 is 1.08 bits per heavy atom. The number of carbonyl (C=O) groups is 2. The number of pyridine rings is 2. The smallest absolute Gasteiger partial charge is 0.404 e. The summed E-state index contributed by atoms with van der Waals surface area (Å²) in [6.07, 6.45) is 8.01. The van der Waals surface area contributed by atoms with Crippen LogP contribution >= 0.6 is 0 Å². The molecule has 2 fully saturated rings. The number of ether oxygens (including phenoxy) is 1. The highest BCUT2D eigenvalue weighted by Crippen LogP contribution is 2.39. The molecule has 2 aromatic heterocycles. The molecular formula is C28H31FN4O4. The fourth-order valence-corrected chi connectivity index (χ4v) is 5.85. The number of benzene rings is 1. The molecule has 1 saturated carbocycles. The number of anilines is 1. The van der Waals surface area contributed by atoms with E-state index in [9.17, 15) is 19.1 Å². The third-order valence-electron chi connectivity index (χ3n) is 7.57. The Morgan fingerprint density at radius 3 is 2.68 bits per heavy atom. The van der Waals surface area contributed by atoms with Gasteiger partial charge in [0.1, 0.15) is 5.82 Å². The molecular weight excluding hydrogens is 475 g/mol. The van der Waals surface area contributed by atoms with E-state index in [0.29, 0.717) is 42.1 Å². The lowest BCUT2D eigenvalue weighted by Gasteiger charge is -2.34. The van der Waals surface area contributed by atoms with E-state index < -0.39 is 17.8 Å². The number of amides is 2. The van der Waals surface area contributed by atoms with E-state index in [1.165, 1.54) is 12.1 Å². The van der Waals surface area contributed by atoms with Crippen LogP contribution in [0.4, 0.5) is 14.9 Å². The summed E-state index contributed by atoms with van der Waals surface area (Å²) in [6.45, 7) is 3.45. The Bertz CT molecular complexity index is 1310. The first-order valence-electron chi connectivity index (χ1n) is 12.8. The molecule has 0 bridgehead atoms. The number of fused-ring (bicyclic) bond motifs is 1. The minimum atomic E-state index is -1.03. The van der Waals surface area contributed by atoms with Gasteiger partial charge in [-0.15, -0.1) is 0 Å². The van der Waals surface area contributed by atoms with Gasteiger partial charge >= 0.3 is 6.09 Å². The highest BCUT2D eigenvalue weighted by molar-refractivity contribution is 6.12. The molecule has 3 atom stereocenters. The zero-order chi connectivity index (χ0) is 25.9. The van der Waals surface area contributed by atoms with Gasteiger partial charge in [-0.3, -0.25) is 14.8 Å². The summed E-state index contributed by atoms with van der Waals surface area (Å²) in [6, 6.07) is 6.29. The standard InChI is InChI=1S/C28H31FN4O4/c1-16-10-18(12-20(11-16)32-28(35)36)21-4-7-30-15-25(21)33-27(34)22-2-3-24(29)23-13-19(14-31-26(22)23)17-5-8-37-9-6-17/h2-4,7,13-18,20,32H,5-6,8-12H2,1H3,(H,33,34)(H,35,36)/t16-,18+,20-/m0/s1. The monoisotopic (exact) mass is 506 g/mol. The van der Waals surface area contributed by atoms with Crippen LogP contribution in [-0.4, -0.2) is 46.3 Å². The van der Waals surface area contributed by atoms with E-state index in [1.807, 2.05) is 6.07 Å². The van der Waals surface area contributed by atoms with E-state index in [-0.39, 0.29) is 23.4 Å². The second-order valence-electron chi connectivity index (χ2n) is 10.2. The number of rotatable bonds is 5. The summed E-state index contributed by atoms with van der Waals surface area (Å²) in [4.78, 5) is 33.4. The maximum absolute atomic E-state index is 14.8. The van der Waals surface area contributed by atoms with Crippen LogP contribution in [0.1, 0.15) is 72.3 Å². The number of carbonyl (C=O) groups excluding carboxylic acids is 1. The average Bonchev–Trinajstić information content (AvgIpc) is 2.89. The summed E-state index contributed by atoms with van der Waals surface area (Å²) >= 11 is 0. The van der Waals surface area contributed by atoms with Crippen LogP contribution in [0, 0.1) is 11.7 Å². The molecule has 1 aliphatic heterocycles. The van der Waals surface area contributed by atoms with Crippen LogP contribution in [0.25, 0.3) is 10.9 Å². The average molecular weight is 507 g/mol. The van der Waals surface area contributed by atoms with Crippen molar-refractivity contribution < 1.29 is 23.8 Å². The van der Waals surface area contributed by atoms with Crippen molar-refractivity contribution in [2.75, 3.05) is 18.5 Å². The van der Waals surface area contributed by atoms with Gasteiger partial charge < -0.3 is 20.5 Å². The van der Waals surface area contributed by atoms with Gasteiger partial charge in [0, 0.05) is 37.0 Å². The second-order valence-corrected chi connectivity index (χ2v) is 10.2. The SMILES string of the molecule is C[C@@H]1C[C@H](NC(=O)O)C[C@H](c2ccncc2NC(=O)c2ccc(F)c3cc(C4CCOCC4)cnc23)C1. The first kappa shape index (κ1) is 25.1. The first-order chi connectivity index (χ1) is 17.9. The Kier molecular flexibility index (Phi) is 7.32. The molecule has 0 radical (unpaired) electrons. The largest absolute Gasteiger partial charge is 0.465 e. The van der Waals surface area contributed by atoms with Crippen molar-refractivity contribution in [2.24, 2.45) is 5.92 Å². The van der Waals surface area contributed by atoms with Gasteiger partial charge in [0.25, 0.3) is 5.91 Å². The summed E-state index contributed by atoms with van der Waals surface area (Å²) in [5, 5.41) is 15.1. The third kappa shape index (κ3) is 5.56. The van der Waals surface area contributed by atoms with Gasteiger partial charge in [-0.05, 0) is 85.3 Å². The van der Waals surface area contributed by atoms with Crippen LogP contribution < -0.4 is 10.6 Å². The van der Waals surface area contributed by atoms with Crippen molar-refractivity contribution in [1.29, 1.82) is 0 Å². The highest BCUT2D eigenvalue weighted by atomic mass is 19.1. The predicted molar refractivity (Wildman–Crippen MR) is 137 cm³/mol. The Morgan fingerprint density at radius 2 is 1.89 bits per heavy atom. The van der Waals surface area contributed by atoms with Crippen molar-refractivity contribution in [1.82, 2.24) is 15.3 Å². The molecule has 9 heteroatoms. The number of halogens is 1. The van der Waals surface area contributed by atoms with E-state index in [1.54, 1.807) is 24.7 Å². The van der Waals surface area contributed by atoms with Gasteiger partial charge in [-0.25, -0.2) is 9.18 Å². The summed E-state index contributed by atoms with van der Waals surface area (Å²) in [5.74, 6) is -0.165. The Balaban J connectivity index is 1.41. The Hall–Kier alpha value is -3.59. The van der Waals surface area contributed by atoms with Gasteiger partial charge in [0.2, 0.25) is 0 Å². The number of nitrogens with one attached hydrogen (secondary N) is 2. The van der Waals surface area contributed by atoms with Crippen molar-refractivity contribution in [2.45, 2.75) is 56.9 Å². The van der Waals surface area contributed by atoms with Crippen molar-refractivity contribution in [3.05, 3.63) is 65.4 Å². The minimum Gasteiger partial charge on any atom is -0.465 e. The number of hydrogen-bond donors (Lipinski definition) is 3. The van der Waals surface area contributed by atoms with Gasteiger partial charge in [-0.2, -0.15) is 0 Å². The number of nitrogens with zero attached hydrogens (tertiary/aromatic N) is 2. The Labute approximate surface area is 214 Å². The number of aromatic nitrogens is 2. The zero-order valence-corrected chi connectivity index (χ0v) is 20.7. The molecule has 2 amide bonds. The number of carboxylic acid groups (broad SMARTS) is 1. The summed E-state index contributed by atoms with van der Waals surface area (Å²) < 4.78 is 20.3. The zero-order valence-electron chi connectivity index (χ0n) is 20.7. The summed E-state index contributed by atoms with van der Waals surface area (Å²) in [5.41, 5.74) is 3.03. The lowest BCUT2D eigenvalue weighted by atomic mass is 9.76. The lowest BCUT2D eigenvalue weighted by Crippen LogP contribution is -2.39. The van der Waals surface area contributed by atoms with Crippen molar-refractivity contribution in [3.63, 3.8) is 0 Å². The lowest BCUT2D eigenvalue weighted by molar-refractivity contribution is 0.0853. The van der Waals surface area contributed by atoms with Crippen LogP contribution in [0.5, 0.6) is 0 Å². The van der Waals surface area contributed by atoms with Crippen LogP contribution in [0.2, 0.25) is 0 Å². The van der Waals surface area contributed by atoms with Crippen LogP contribution in [0.15, 0.2) is 42.9 Å². The fourth-order valence-electron chi connectivity index (χ4n) is 5.85. The van der Waals surface area contributed by atoms with Crippen LogP contribution in [0.3, 0.4) is 0 Å². The second kappa shape index (κ2) is 10.8. The maximum atomic E-state index is 14.8. The third-order valence-corrected chi connectivity index (χ3v) is 7.57. The molecule has 1 aliphatic carbocycles. The molecule has 8 nitrogen and oxygen atoms in total.